The summed E-state index contributed by atoms with van der Waals surface area (Å²) in [5.74, 6) is 0.0493. The summed E-state index contributed by atoms with van der Waals surface area (Å²) >= 11 is 1.56. The van der Waals surface area contributed by atoms with Crippen molar-refractivity contribution in [3.05, 3.63) is 34.9 Å². The SMILES string of the molecule is O=C(Cc1cccs1)N1CCCN(S(=O)(=O)c2cnc[nH]2)CC1. The number of rotatable bonds is 4. The standard InChI is InChI=1S/C14H18N4O3S2/c19-14(9-12-3-1-8-22-12)17-4-2-5-18(7-6-17)23(20,21)13-10-15-11-16-13/h1,3,8,10-11H,2,4-7,9H2,(H,15,16). The van der Waals surface area contributed by atoms with Crippen LogP contribution in [0.25, 0.3) is 0 Å². The van der Waals surface area contributed by atoms with Crippen molar-refractivity contribution < 1.29 is 13.2 Å². The Morgan fingerprint density at radius 3 is 2.87 bits per heavy atom. The van der Waals surface area contributed by atoms with Crippen LogP contribution in [0, 0.1) is 0 Å². The number of aromatic amines is 1. The minimum atomic E-state index is -3.56. The average molecular weight is 354 g/mol. The van der Waals surface area contributed by atoms with Gasteiger partial charge in [0, 0.05) is 31.1 Å². The summed E-state index contributed by atoms with van der Waals surface area (Å²) in [4.78, 5) is 21.5. The van der Waals surface area contributed by atoms with Gasteiger partial charge in [0.2, 0.25) is 5.91 Å². The van der Waals surface area contributed by atoms with Gasteiger partial charge in [-0.2, -0.15) is 4.31 Å². The van der Waals surface area contributed by atoms with E-state index in [1.807, 2.05) is 17.5 Å². The van der Waals surface area contributed by atoms with Crippen LogP contribution in [-0.2, 0) is 21.2 Å². The van der Waals surface area contributed by atoms with Crippen LogP contribution in [0.1, 0.15) is 11.3 Å². The normalized spacial score (nSPS) is 17.1. The van der Waals surface area contributed by atoms with Gasteiger partial charge in [0.05, 0.1) is 18.9 Å². The van der Waals surface area contributed by atoms with Gasteiger partial charge in [-0.15, -0.1) is 11.3 Å². The van der Waals surface area contributed by atoms with Crippen LogP contribution in [-0.4, -0.2) is 59.7 Å². The average Bonchev–Trinajstić information content (AvgIpc) is 3.17. The van der Waals surface area contributed by atoms with Crippen LogP contribution in [0.3, 0.4) is 0 Å². The van der Waals surface area contributed by atoms with E-state index in [0.29, 0.717) is 39.0 Å². The molecule has 0 bridgehead atoms. The number of nitrogens with zero attached hydrogens (tertiary/aromatic N) is 3. The number of sulfonamides is 1. The number of amides is 1. The Labute approximate surface area is 139 Å². The molecule has 1 amide bonds. The quantitative estimate of drug-likeness (QED) is 0.885. The number of thiophene rings is 1. The number of carbonyl (C=O) groups is 1. The molecule has 124 valence electrons. The van der Waals surface area contributed by atoms with Crippen molar-refractivity contribution in [1.29, 1.82) is 0 Å². The molecule has 23 heavy (non-hydrogen) atoms. The molecule has 1 saturated heterocycles. The molecule has 0 unspecified atom stereocenters. The summed E-state index contributed by atoms with van der Waals surface area (Å²) in [7, 11) is -3.56. The van der Waals surface area contributed by atoms with Crippen molar-refractivity contribution >= 4 is 27.3 Å². The summed E-state index contributed by atoms with van der Waals surface area (Å²) in [5.41, 5.74) is 0. The molecule has 0 spiro atoms. The molecule has 2 aromatic heterocycles. The molecule has 0 radical (unpaired) electrons. The van der Waals surface area contributed by atoms with Crippen LogP contribution in [0.2, 0.25) is 0 Å². The largest absolute Gasteiger partial charge is 0.341 e. The summed E-state index contributed by atoms with van der Waals surface area (Å²) in [5, 5.41) is 2.04. The number of hydrogen-bond acceptors (Lipinski definition) is 5. The molecular formula is C14H18N4O3S2. The van der Waals surface area contributed by atoms with E-state index < -0.39 is 10.0 Å². The first-order chi connectivity index (χ1) is 11.1. The predicted molar refractivity (Wildman–Crippen MR) is 86.6 cm³/mol. The second kappa shape index (κ2) is 6.81. The molecular weight excluding hydrogens is 336 g/mol. The lowest BCUT2D eigenvalue weighted by Gasteiger charge is -2.21. The molecule has 0 aliphatic carbocycles. The van der Waals surface area contributed by atoms with E-state index in [9.17, 15) is 13.2 Å². The van der Waals surface area contributed by atoms with E-state index >= 15 is 0 Å². The number of carbonyl (C=O) groups excluding carboxylic acids is 1. The minimum absolute atomic E-state index is 0.0493. The molecule has 3 rings (SSSR count). The predicted octanol–water partition coefficient (Wildman–Crippen LogP) is 0.937. The van der Waals surface area contributed by atoms with Crippen molar-refractivity contribution in [2.24, 2.45) is 0 Å². The molecule has 0 atom stereocenters. The van der Waals surface area contributed by atoms with Gasteiger partial charge >= 0.3 is 0 Å². The number of nitrogens with one attached hydrogen (secondary N) is 1. The van der Waals surface area contributed by atoms with Gasteiger partial charge < -0.3 is 9.88 Å². The number of H-pyrrole nitrogens is 1. The Morgan fingerprint density at radius 2 is 2.17 bits per heavy atom. The Bertz CT molecular complexity index is 741. The summed E-state index contributed by atoms with van der Waals surface area (Å²) < 4.78 is 26.4. The Morgan fingerprint density at radius 1 is 1.30 bits per heavy atom. The Hall–Kier alpha value is -1.71. The topological polar surface area (TPSA) is 86.4 Å². The molecule has 0 saturated carbocycles. The van der Waals surface area contributed by atoms with Crippen molar-refractivity contribution in [3.8, 4) is 0 Å². The lowest BCUT2D eigenvalue weighted by atomic mass is 10.3. The number of imidazole rings is 1. The van der Waals surface area contributed by atoms with Gasteiger partial charge in [-0.1, -0.05) is 6.07 Å². The van der Waals surface area contributed by atoms with Gasteiger partial charge in [0.15, 0.2) is 5.03 Å². The first-order valence-corrected chi connectivity index (χ1v) is 9.68. The van der Waals surface area contributed by atoms with Crippen molar-refractivity contribution in [3.63, 3.8) is 0 Å². The highest BCUT2D eigenvalue weighted by atomic mass is 32.2. The fraction of sp³-hybridized carbons (Fsp3) is 0.429. The molecule has 1 aliphatic heterocycles. The van der Waals surface area contributed by atoms with Gasteiger partial charge in [0.1, 0.15) is 0 Å². The van der Waals surface area contributed by atoms with Crippen molar-refractivity contribution in [2.45, 2.75) is 17.9 Å². The van der Waals surface area contributed by atoms with Crippen molar-refractivity contribution in [2.75, 3.05) is 26.2 Å². The molecule has 2 aromatic rings. The highest BCUT2D eigenvalue weighted by molar-refractivity contribution is 7.89. The monoisotopic (exact) mass is 354 g/mol. The smallest absolute Gasteiger partial charge is 0.260 e. The Balaban J connectivity index is 1.64. The van der Waals surface area contributed by atoms with Gasteiger partial charge in [0.25, 0.3) is 10.0 Å². The zero-order valence-electron chi connectivity index (χ0n) is 12.5. The lowest BCUT2D eigenvalue weighted by Crippen LogP contribution is -2.38. The summed E-state index contributed by atoms with van der Waals surface area (Å²) in [6.45, 7) is 1.71. The highest BCUT2D eigenvalue weighted by Gasteiger charge is 2.29. The van der Waals surface area contributed by atoms with Crippen LogP contribution >= 0.6 is 11.3 Å². The van der Waals surface area contributed by atoms with Crippen LogP contribution in [0.4, 0.5) is 0 Å². The molecule has 1 N–H and O–H groups in total. The third-order valence-electron chi connectivity index (χ3n) is 3.80. The van der Waals surface area contributed by atoms with Crippen molar-refractivity contribution in [1.82, 2.24) is 19.2 Å². The maximum Gasteiger partial charge on any atom is 0.260 e. The molecule has 3 heterocycles. The third kappa shape index (κ3) is 3.62. The van der Waals surface area contributed by atoms with E-state index in [2.05, 4.69) is 9.97 Å². The third-order valence-corrected chi connectivity index (χ3v) is 6.50. The summed E-state index contributed by atoms with van der Waals surface area (Å²) in [6, 6.07) is 3.86. The fourth-order valence-corrected chi connectivity index (χ4v) is 4.64. The molecule has 7 nitrogen and oxygen atoms in total. The molecule has 9 heteroatoms. The van der Waals surface area contributed by atoms with Gasteiger partial charge in [-0.3, -0.25) is 4.79 Å². The van der Waals surface area contributed by atoms with Crippen LogP contribution in [0.15, 0.2) is 35.1 Å². The second-order valence-corrected chi connectivity index (χ2v) is 8.25. The first kappa shape index (κ1) is 16.2. The fourth-order valence-electron chi connectivity index (χ4n) is 2.58. The van der Waals surface area contributed by atoms with E-state index in [1.165, 1.54) is 16.8 Å². The maximum absolute atomic E-state index is 12.5. The lowest BCUT2D eigenvalue weighted by molar-refractivity contribution is -0.130. The molecule has 1 aliphatic rings. The first-order valence-electron chi connectivity index (χ1n) is 7.36. The minimum Gasteiger partial charge on any atom is -0.341 e. The Kier molecular flexibility index (Phi) is 4.79. The number of hydrogen-bond donors (Lipinski definition) is 1. The zero-order valence-corrected chi connectivity index (χ0v) is 14.1. The van der Waals surface area contributed by atoms with Crippen LogP contribution in [0.5, 0.6) is 0 Å². The molecule has 0 aromatic carbocycles. The van der Waals surface area contributed by atoms with Gasteiger partial charge in [-0.05, 0) is 17.9 Å². The second-order valence-electron chi connectivity index (χ2n) is 5.31. The van der Waals surface area contributed by atoms with E-state index in [1.54, 1.807) is 16.2 Å². The number of aromatic nitrogens is 2. The summed E-state index contributed by atoms with van der Waals surface area (Å²) in [6.07, 6.45) is 3.66. The van der Waals surface area contributed by atoms with E-state index in [-0.39, 0.29) is 10.9 Å². The molecule has 1 fully saturated rings. The van der Waals surface area contributed by atoms with Crippen LogP contribution < -0.4 is 0 Å². The van der Waals surface area contributed by atoms with E-state index in [0.717, 1.165) is 4.88 Å². The zero-order chi connectivity index (χ0) is 16.3. The maximum atomic E-state index is 12.5. The van der Waals surface area contributed by atoms with Gasteiger partial charge in [-0.25, -0.2) is 13.4 Å². The van der Waals surface area contributed by atoms with E-state index in [4.69, 9.17) is 0 Å². The highest BCUT2D eigenvalue weighted by Crippen LogP contribution is 2.16.